The molecule has 1 saturated heterocycles. The van der Waals surface area contributed by atoms with Crippen molar-refractivity contribution in [3.63, 3.8) is 0 Å². The Kier molecular flexibility index (Phi) is 1.75. The van der Waals surface area contributed by atoms with Crippen LogP contribution < -0.4 is 10.6 Å². The summed E-state index contributed by atoms with van der Waals surface area (Å²) in [5.74, 6) is -2.46. The Balaban J connectivity index is 3.10. The third kappa shape index (κ3) is 1.11. The Morgan fingerprint density at radius 2 is 1.62 bits per heavy atom. The van der Waals surface area contributed by atoms with Crippen molar-refractivity contribution in [2.75, 3.05) is 0 Å². The molecular formula is C5H5N3O5. The highest BCUT2D eigenvalue weighted by atomic mass is 16.6. The first-order valence-electron chi connectivity index (χ1n) is 3.20. The zero-order valence-corrected chi connectivity index (χ0v) is 6.49. The lowest BCUT2D eigenvalue weighted by molar-refractivity contribution is -0.531. The molecule has 1 heterocycles. The van der Waals surface area contributed by atoms with Gasteiger partial charge in [0.25, 0.3) is 0 Å². The van der Waals surface area contributed by atoms with Gasteiger partial charge in [-0.2, -0.15) is 0 Å². The van der Waals surface area contributed by atoms with Crippen LogP contribution in [0.3, 0.4) is 0 Å². The summed E-state index contributed by atoms with van der Waals surface area (Å²) in [6.07, 6.45) is 0. The molecule has 8 heteroatoms. The summed E-state index contributed by atoms with van der Waals surface area (Å²) in [5, 5.41) is 13.6. The molecule has 0 aromatic heterocycles. The number of hydrogen-bond acceptors (Lipinski definition) is 5. The number of rotatable bonds is 1. The molecule has 70 valence electrons. The second kappa shape index (κ2) is 2.51. The summed E-state index contributed by atoms with van der Waals surface area (Å²) in [7, 11) is 0. The van der Waals surface area contributed by atoms with Gasteiger partial charge < -0.3 is 0 Å². The topological polar surface area (TPSA) is 118 Å². The van der Waals surface area contributed by atoms with Crippen molar-refractivity contribution in [2.24, 2.45) is 0 Å². The molecular weight excluding hydrogens is 182 g/mol. The minimum Gasteiger partial charge on any atom is -0.271 e. The van der Waals surface area contributed by atoms with Crippen molar-refractivity contribution >= 4 is 17.8 Å². The Labute approximate surface area is 71.4 Å². The molecule has 2 N–H and O–H groups in total. The number of nitro groups is 1. The fraction of sp³-hybridized carbons (Fsp3) is 0.400. The van der Waals surface area contributed by atoms with E-state index in [9.17, 15) is 24.5 Å². The second-order valence-electron chi connectivity index (χ2n) is 2.57. The second-order valence-corrected chi connectivity index (χ2v) is 2.57. The first kappa shape index (κ1) is 9.10. The van der Waals surface area contributed by atoms with E-state index in [1.54, 1.807) is 10.6 Å². The van der Waals surface area contributed by atoms with Crippen LogP contribution in [0.5, 0.6) is 0 Å². The Morgan fingerprint density at radius 3 is 1.92 bits per heavy atom. The van der Waals surface area contributed by atoms with E-state index < -0.39 is 28.3 Å². The molecule has 0 spiro atoms. The van der Waals surface area contributed by atoms with Gasteiger partial charge in [-0.25, -0.2) is 4.79 Å². The number of nitrogens with one attached hydrogen (secondary N) is 2. The molecule has 1 fully saturated rings. The largest absolute Gasteiger partial charge is 0.372 e. The average molecular weight is 187 g/mol. The van der Waals surface area contributed by atoms with Gasteiger partial charge in [-0.15, -0.1) is 0 Å². The van der Waals surface area contributed by atoms with Crippen LogP contribution in [0.1, 0.15) is 6.92 Å². The third-order valence-electron chi connectivity index (χ3n) is 1.70. The highest BCUT2D eigenvalue weighted by Gasteiger charge is 2.57. The molecule has 0 unspecified atom stereocenters. The highest BCUT2D eigenvalue weighted by molar-refractivity contribution is 6.21. The van der Waals surface area contributed by atoms with Gasteiger partial charge in [0.05, 0.1) is 0 Å². The van der Waals surface area contributed by atoms with Crippen molar-refractivity contribution in [2.45, 2.75) is 12.5 Å². The summed E-state index contributed by atoms with van der Waals surface area (Å²) >= 11 is 0. The van der Waals surface area contributed by atoms with E-state index in [2.05, 4.69) is 0 Å². The van der Waals surface area contributed by atoms with Crippen molar-refractivity contribution in [1.82, 2.24) is 10.6 Å². The van der Waals surface area contributed by atoms with E-state index in [0.29, 0.717) is 0 Å². The molecule has 1 aliphatic heterocycles. The number of amides is 4. The predicted octanol–water partition coefficient (Wildman–Crippen LogP) is -1.61. The number of barbiturate groups is 1. The lowest BCUT2D eigenvalue weighted by atomic mass is 10.00. The lowest BCUT2D eigenvalue weighted by Gasteiger charge is -2.22. The fourth-order valence-corrected chi connectivity index (χ4v) is 0.750. The molecule has 0 aromatic carbocycles. The maximum atomic E-state index is 10.9. The van der Waals surface area contributed by atoms with E-state index in [1.807, 2.05) is 0 Å². The smallest absolute Gasteiger partial charge is 0.271 e. The normalized spacial score (nSPS) is 20.5. The van der Waals surface area contributed by atoms with E-state index in [1.165, 1.54) is 0 Å². The summed E-state index contributed by atoms with van der Waals surface area (Å²) in [6, 6.07) is -1.05. The molecule has 0 aliphatic carbocycles. The molecule has 1 aliphatic rings. The molecule has 4 amide bonds. The Morgan fingerprint density at radius 1 is 1.23 bits per heavy atom. The van der Waals surface area contributed by atoms with Crippen LogP contribution >= 0.6 is 0 Å². The number of urea groups is 1. The molecule has 1 rings (SSSR count). The standard InChI is InChI=1S/C5H5N3O5/c1-5(8(12)13)2(9)6-4(11)7-3(5)10/h1H3,(H2,6,7,9,10,11). The molecule has 0 atom stereocenters. The van der Waals surface area contributed by atoms with Crippen LogP contribution in [-0.2, 0) is 9.59 Å². The maximum Gasteiger partial charge on any atom is 0.372 e. The van der Waals surface area contributed by atoms with E-state index in [0.717, 1.165) is 6.92 Å². The van der Waals surface area contributed by atoms with E-state index in [4.69, 9.17) is 0 Å². The van der Waals surface area contributed by atoms with Gasteiger partial charge in [0.15, 0.2) is 0 Å². The van der Waals surface area contributed by atoms with Crippen molar-refractivity contribution in [1.29, 1.82) is 0 Å². The van der Waals surface area contributed by atoms with Crippen LogP contribution in [0.4, 0.5) is 4.79 Å². The van der Waals surface area contributed by atoms with Gasteiger partial charge in [0, 0.05) is 11.8 Å². The Bertz CT molecular complexity index is 302. The molecule has 8 nitrogen and oxygen atoms in total. The zero-order valence-electron chi connectivity index (χ0n) is 6.49. The predicted molar refractivity (Wildman–Crippen MR) is 37.1 cm³/mol. The molecule has 13 heavy (non-hydrogen) atoms. The third-order valence-corrected chi connectivity index (χ3v) is 1.70. The van der Waals surface area contributed by atoms with Crippen LogP contribution in [0, 0.1) is 10.1 Å². The lowest BCUT2D eigenvalue weighted by Crippen LogP contribution is -2.68. The first-order valence-corrected chi connectivity index (χ1v) is 3.20. The van der Waals surface area contributed by atoms with Gasteiger partial charge in [0.2, 0.25) is 0 Å². The van der Waals surface area contributed by atoms with Crippen LogP contribution in [0.25, 0.3) is 0 Å². The van der Waals surface area contributed by atoms with Gasteiger partial charge in [-0.1, -0.05) is 0 Å². The quantitative estimate of drug-likeness (QED) is 0.290. The number of carbonyl (C=O) groups excluding carboxylic acids is 3. The fourth-order valence-electron chi connectivity index (χ4n) is 0.750. The van der Waals surface area contributed by atoms with Crippen molar-refractivity contribution < 1.29 is 19.3 Å². The van der Waals surface area contributed by atoms with Crippen LogP contribution in [-0.4, -0.2) is 28.3 Å². The molecule has 0 aromatic rings. The van der Waals surface area contributed by atoms with Crippen molar-refractivity contribution in [3.05, 3.63) is 10.1 Å². The van der Waals surface area contributed by atoms with Gasteiger partial charge >= 0.3 is 23.4 Å². The van der Waals surface area contributed by atoms with E-state index >= 15 is 0 Å². The minimum absolute atomic E-state index is 0.824. The number of nitrogens with zero attached hydrogens (tertiary/aromatic N) is 1. The van der Waals surface area contributed by atoms with Crippen molar-refractivity contribution in [3.8, 4) is 0 Å². The average Bonchev–Trinajstić information content (AvgIpc) is 1.99. The molecule has 0 radical (unpaired) electrons. The van der Waals surface area contributed by atoms with Gasteiger partial charge in [0.1, 0.15) is 0 Å². The summed E-state index contributed by atoms with van der Waals surface area (Å²) in [5.41, 5.74) is -2.42. The summed E-state index contributed by atoms with van der Waals surface area (Å²) in [6.45, 7) is 0.824. The summed E-state index contributed by atoms with van der Waals surface area (Å²) < 4.78 is 0. The van der Waals surface area contributed by atoms with Gasteiger partial charge in [-0.05, 0) is 0 Å². The highest BCUT2D eigenvalue weighted by Crippen LogP contribution is 2.12. The maximum absolute atomic E-state index is 10.9. The van der Waals surface area contributed by atoms with Gasteiger partial charge in [-0.3, -0.25) is 30.3 Å². The zero-order chi connectivity index (χ0) is 10.2. The van der Waals surface area contributed by atoms with Crippen LogP contribution in [0.15, 0.2) is 0 Å². The molecule has 0 saturated carbocycles. The Hall–Kier alpha value is -1.99. The first-order chi connectivity index (χ1) is 5.89. The molecule has 0 bridgehead atoms. The number of imide groups is 2. The monoisotopic (exact) mass is 187 g/mol. The number of hydrogen-bond donors (Lipinski definition) is 2. The van der Waals surface area contributed by atoms with Crippen LogP contribution in [0.2, 0.25) is 0 Å². The van der Waals surface area contributed by atoms with E-state index in [-0.39, 0.29) is 0 Å². The number of carbonyl (C=O) groups is 3. The minimum atomic E-state index is -2.42. The summed E-state index contributed by atoms with van der Waals surface area (Å²) in [4.78, 5) is 41.7. The SMILES string of the molecule is CC1([N+](=O)[O-])C(=O)NC(=O)NC1=O.